The number of carbonyl (C=O) groups is 1. The molecule has 5 rings (SSSR count). The summed E-state index contributed by atoms with van der Waals surface area (Å²) < 4.78 is 2.13. The van der Waals surface area contributed by atoms with Crippen molar-refractivity contribution in [2.45, 2.75) is 65.3 Å². The fourth-order valence-electron chi connectivity index (χ4n) is 5.15. The molecule has 3 aromatic heterocycles. The van der Waals surface area contributed by atoms with Crippen molar-refractivity contribution in [3.63, 3.8) is 0 Å². The van der Waals surface area contributed by atoms with Crippen molar-refractivity contribution in [1.29, 1.82) is 0 Å². The zero-order chi connectivity index (χ0) is 21.5. The van der Waals surface area contributed by atoms with Crippen LogP contribution in [0, 0.1) is 32.6 Å². The Bertz CT molecular complexity index is 1100. The Balaban J connectivity index is 1.22. The summed E-state index contributed by atoms with van der Waals surface area (Å²) in [6, 6.07) is 4.22. The molecular weight excluding hydrogens is 410 g/mol. The first-order valence-electron chi connectivity index (χ1n) is 11.2. The lowest BCUT2D eigenvalue weighted by Crippen LogP contribution is -2.37. The summed E-state index contributed by atoms with van der Waals surface area (Å²) in [5.74, 6) is 1.73. The molecule has 0 unspecified atom stereocenters. The number of amides is 1. The van der Waals surface area contributed by atoms with Crippen molar-refractivity contribution >= 4 is 22.9 Å². The number of carbonyl (C=O) groups excluding carboxylic acids is 1. The predicted molar refractivity (Wildman–Crippen MR) is 119 cm³/mol. The molecule has 1 atom stereocenters. The minimum Gasteiger partial charge on any atom is -0.284 e. The topological polar surface area (TPSA) is 72.6 Å². The second-order valence-electron chi connectivity index (χ2n) is 8.90. The normalized spacial score (nSPS) is 24.2. The van der Waals surface area contributed by atoms with Crippen LogP contribution in [0.25, 0.3) is 5.65 Å². The first kappa shape index (κ1) is 20.6. The van der Waals surface area contributed by atoms with E-state index in [1.54, 1.807) is 16.4 Å². The maximum atomic E-state index is 13.2. The van der Waals surface area contributed by atoms with E-state index in [9.17, 15) is 4.79 Å². The molecule has 0 aromatic carbocycles. The molecule has 0 spiro atoms. The highest BCUT2D eigenvalue weighted by atomic mass is 32.1. The molecule has 1 amide bonds. The van der Waals surface area contributed by atoms with Gasteiger partial charge in [0.05, 0.1) is 17.3 Å². The van der Waals surface area contributed by atoms with Gasteiger partial charge in [-0.25, -0.2) is 10.0 Å². The summed E-state index contributed by atoms with van der Waals surface area (Å²) in [6.45, 7) is 6.74. The van der Waals surface area contributed by atoms with Gasteiger partial charge in [-0.2, -0.15) is 0 Å². The highest BCUT2D eigenvalue weighted by molar-refractivity contribution is 7.09. The van der Waals surface area contributed by atoms with Crippen molar-refractivity contribution < 1.29 is 9.63 Å². The van der Waals surface area contributed by atoms with Crippen LogP contribution in [0.3, 0.4) is 0 Å². The van der Waals surface area contributed by atoms with Crippen LogP contribution in [0.1, 0.15) is 65.9 Å². The van der Waals surface area contributed by atoms with Crippen molar-refractivity contribution in [2.24, 2.45) is 11.8 Å². The molecule has 7 nitrogen and oxygen atoms in total. The number of aromatic nitrogens is 4. The van der Waals surface area contributed by atoms with Gasteiger partial charge in [-0.1, -0.05) is 6.07 Å². The monoisotopic (exact) mass is 439 g/mol. The third-order valence-corrected chi connectivity index (χ3v) is 7.68. The first-order chi connectivity index (χ1) is 15.0. The number of hydrogen-bond donors (Lipinski definition) is 0. The molecule has 0 bridgehead atoms. The molecule has 0 radical (unpaired) electrons. The van der Waals surface area contributed by atoms with Gasteiger partial charge in [-0.15, -0.1) is 21.5 Å². The van der Waals surface area contributed by atoms with Gasteiger partial charge in [0.25, 0.3) is 0 Å². The van der Waals surface area contributed by atoms with Crippen LogP contribution in [0.2, 0.25) is 0 Å². The second-order valence-corrected chi connectivity index (χ2v) is 9.96. The van der Waals surface area contributed by atoms with Crippen molar-refractivity contribution in [3.05, 3.63) is 45.3 Å². The van der Waals surface area contributed by atoms with Gasteiger partial charge in [0, 0.05) is 23.4 Å². The Hall–Kier alpha value is -2.32. The van der Waals surface area contributed by atoms with Crippen molar-refractivity contribution in [2.75, 3.05) is 6.61 Å². The third kappa shape index (κ3) is 3.87. The molecule has 164 valence electrons. The Labute approximate surface area is 186 Å². The number of thiazole rings is 1. The minimum absolute atomic E-state index is 0.0309. The maximum Gasteiger partial charge on any atom is 0.249 e. The van der Waals surface area contributed by atoms with Crippen LogP contribution in [-0.4, -0.2) is 37.2 Å². The van der Waals surface area contributed by atoms with Crippen LogP contribution in [0.5, 0.6) is 0 Å². The van der Waals surface area contributed by atoms with E-state index in [0.29, 0.717) is 12.5 Å². The van der Waals surface area contributed by atoms with Crippen LogP contribution in [0.4, 0.5) is 0 Å². The van der Waals surface area contributed by atoms with E-state index in [1.807, 2.05) is 13.8 Å². The Kier molecular flexibility index (Phi) is 5.52. The highest BCUT2D eigenvalue weighted by Crippen LogP contribution is 2.37. The van der Waals surface area contributed by atoms with Crippen LogP contribution in [0.15, 0.2) is 17.5 Å². The molecule has 31 heavy (non-hydrogen) atoms. The highest BCUT2D eigenvalue weighted by Gasteiger charge is 2.38. The number of nitrogens with zero attached hydrogens (tertiary/aromatic N) is 5. The average Bonchev–Trinajstić information content (AvgIpc) is 3.50. The molecule has 2 fully saturated rings. The molecule has 3 aromatic rings. The fourth-order valence-corrected chi connectivity index (χ4v) is 5.81. The number of hydroxylamine groups is 2. The number of aryl methyl sites for hydroxylation is 3. The Morgan fingerprint density at radius 3 is 2.68 bits per heavy atom. The minimum atomic E-state index is -0.0309. The van der Waals surface area contributed by atoms with Gasteiger partial charge in [-0.05, 0) is 70.4 Å². The number of pyridine rings is 1. The van der Waals surface area contributed by atoms with Crippen LogP contribution < -0.4 is 0 Å². The quantitative estimate of drug-likeness (QED) is 0.604. The Morgan fingerprint density at radius 1 is 1.13 bits per heavy atom. The van der Waals surface area contributed by atoms with Gasteiger partial charge >= 0.3 is 0 Å². The molecule has 0 N–H and O–H groups in total. The summed E-state index contributed by atoms with van der Waals surface area (Å²) in [5.41, 5.74) is 4.46. The van der Waals surface area contributed by atoms with Gasteiger partial charge in [-0.3, -0.25) is 14.0 Å². The zero-order valence-electron chi connectivity index (χ0n) is 18.4. The zero-order valence-corrected chi connectivity index (χ0v) is 19.2. The first-order valence-corrected chi connectivity index (χ1v) is 12.1. The molecule has 2 aliphatic rings. The molecule has 1 aliphatic heterocycles. The summed E-state index contributed by atoms with van der Waals surface area (Å²) in [6.07, 6.45) is 5.88. The molecular formula is C23H29N5O2S. The molecule has 1 saturated carbocycles. The molecule has 1 aliphatic carbocycles. The van der Waals surface area contributed by atoms with E-state index < -0.39 is 0 Å². The fraction of sp³-hybridized carbons (Fsp3) is 0.565. The molecule has 1 saturated heterocycles. The van der Waals surface area contributed by atoms with Gasteiger partial charge in [0.1, 0.15) is 11.9 Å². The predicted octanol–water partition coefficient (Wildman–Crippen LogP) is 4.37. The lowest BCUT2D eigenvalue weighted by Gasteiger charge is -2.31. The van der Waals surface area contributed by atoms with Gasteiger partial charge in [0.2, 0.25) is 5.91 Å². The summed E-state index contributed by atoms with van der Waals surface area (Å²) in [7, 11) is 0. The summed E-state index contributed by atoms with van der Waals surface area (Å²) >= 11 is 1.63. The van der Waals surface area contributed by atoms with E-state index >= 15 is 0 Å². The smallest absolute Gasteiger partial charge is 0.249 e. The number of fused-ring (bicyclic) bond motifs is 1. The van der Waals surface area contributed by atoms with E-state index in [0.717, 1.165) is 60.7 Å². The lowest BCUT2D eigenvalue weighted by atomic mass is 9.78. The van der Waals surface area contributed by atoms with Crippen molar-refractivity contribution in [1.82, 2.24) is 24.6 Å². The average molecular weight is 440 g/mol. The van der Waals surface area contributed by atoms with Crippen LogP contribution in [-0.2, 0) is 16.1 Å². The van der Waals surface area contributed by atoms with Crippen molar-refractivity contribution in [3.8, 4) is 0 Å². The molecule has 8 heteroatoms. The third-order valence-electron chi connectivity index (χ3n) is 6.89. The maximum absolute atomic E-state index is 13.2. The molecule has 4 heterocycles. The van der Waals surface area contributed by atoms with E-state index in [-0.39, 0.29) is 17.9 Å². The summed E-state index contributed by atoms with van der Waals surface area (Å²) in [4.78, 5) is 23.6. The Morgan fingerprint density at radius 2 is 1.94 bits per heavy atom. The van der Waals surface area contributed by atoms with Gasteiger partial charge < -0.3 is 0 Å². The number of rotatable bonds is 4. The van der Waals surface area contributed by atoms with E-state index in [1.165, 1.54) is 11.3 Å². The van der Waals surface area contributed by atoms with E-state index in [4.69, 9.17) is 4.84 Å². The lowest BCUT2D eigenvalue weighted by molar-refractivity contribution is -0.183. The van der Waals surface area contributed by atoms with Gasteiger partial charge in [0.15, 0.2) is 5.65 Å². The van der Waals surface area contributed by atoms with Crippen LogP contribution >= 0.6 is 11.3 Å². The standard InChI is InChI=1S/C23H29N5O2S/c1-14-19(8-9-22-26-25-15(2)27(14)22)12-17-4-6-18(7-5-17)23(29)28-21(10-11-30-28)20-13-31-16(3)24-20/h8-9,13,17-18,21H,4-7,10-12H2,1-3H3/t17-,18-,21-/m0/s1. The largest absolute Gasteiger partial charge is 0.284 e. The number of hydrogen-bond acceptors (Lipinski definition) is 6. The second kappa shape index (κ2) is 8.31. The SMILES string of the molecule is Cc1nc([C@@H]2CCON2C(=O)[C@H]2CC[C@H](Cc3ccc4nnc(C)n4c3C)CC2)cs1. The summed E-state index contributed by atoms with van der Waals surface area (Å²) in [5, 5.41) is 13.1. The van der Waals surface area contributed by atoms with E-state index in [2.05, 4.69) is 44.0 Å².